The molecule has 8 heteroatoms. The van der Waals surface area contributed by atoms with E-state index in [0.29, 0.717) is 35.7 Å². The molecule has 2 aromatic carbocycles. The Hall–Kier alpha value is -2.45. The number of anilines is 2. The molecular weight excluding hydrogens is 490 g/mol. The summed E-state index contributed by atoms with van der Waals surface area (Å²) in [5, 5.41) is 8.77. The fourth-order valence-electron chi connectivity index (χ4n) is 2.99. The number of carbonyl (C=O) groups is 2. The number of amides is 2. The minimum absolute atomic E-state index is 0.0713. The van der Waals surface area contributed by atoms with Gasteiger partial charge in [0.05, 0.1) is 12.2 Å². The summed E-state index contributed by atoms with van der Waals surface area (Å²) in [5.41, 5.74) is 2.62. The Labute approximate surface area is 203 Å². The SMILES string of the molecule is CCCCCCOc1ccc(Br)cc1C(=O)NC(=S)Nc1cccc(NC(=O)CC)c1C. The van der Waals surface area contributed by atoms with Crippen molar-refractivity contribution in [1.29, 1.82) is 0 Å². The maximum absolute atomic E-state index is 12.9. The minimum atomic E-state index is -0.361. The Balaban J connectivity index is 2.05. The zero-order valence-corrected chi connectivity index (χ0v) is 21.1. The molecule has 3 N–H and O–H groups in total. The first kappa shape index (κ1) is 25.8. The van der Waals surface area contributed by atoms with E-state index in [2.05, 4.69) is 38.8 Å². The van der Waals surface area contributed by atoms with Crippen molar-refractivity contribution in [2.75, 3.05) is 17.2 Å². The number of hydrogen-bond acceptors (Lipinski definition) is 4. The van der Waals surface area contributed by atoms with E-state index in [1.807, 2.05) is 31.2 Å². The molecule has 0 atom stereocenters. The van der Waals surface area contributed by atoms with Crippen LogP contribution >= 0.6 is 28.1 Å². The van der Waals surface area contributed by atoms with Crippen LogP contribution in [0.4, 0.5) is 11.4 Å². The quantitative estimate of drug-likeness (QED) is 0.257. The molecule has 0 fully saturated rings. The zero-order chi connectivity index (χ0) is 23.5. The first-order valence-corrected chi connectivity index (χ1v) is 12.0. The Morgan fingerprint density at radius 2 is 1.75 bits per heavy atom. The molecule has 2 aromatic rings. The third-order valence-electron chi connectivity index (χ3n) is 4.85. The van der Waals surface area contributed by atoms with Crippen molar-refractivity contribution in [3.63, 3.8) is 0 Å². The van der Waals surface area contributed by atoms with E-state index in [9.17, 15) is 9.59 Å². The van der Waals surface area contributed by atoms with Crippen LogP contribution in [0, 0.1) is 6.92 Å². The van der Waals surface area contributed by atoms with E-state index < -0.39 is 0 Å². The molecular formula is C24H30BrN3O3S. The second-order valence-corrected chi connectivity index (χ2v) is 8.66. The molecule has 0 aliphatic carbocycles. The lowest BCUT2D eigenvalue weighted by Gasteiger charge is -2.16. The summed E-state index contributed by atoms with van der Waals surface area (Å²) in [6, 6.07) is 10.8. The molecule has 0 unspecified atom stereocenters. The summed E-state index contributed by atoms with van der Waals surface area (Å²) in [5.74, 6) is 0.0870. The molecule has 0 heterocycles. The van der Waals surface area contributed by atoms with E-state index in [1.54, 1.807) is 19.1 Å². The normalized spacial score (nSPS) is 10.4. The fraction of sp³-hybridized carbons (Fsp3) is 0.375. The standard InChI is InChI=1S/C24H30BrN3O3S/c1-4-6-7-8-14-31-21-13-12-17(25)15-18(21)23(30)28-24(32)27-20-11-9-10-19(16(20)3)26-22(29)5-2/h9-13,15H,4-8,14H2,1-3H3,(H,26,29)(H2,27,28,30,32). The Kier molecular flexibility index (Phi) is 10.6. The van der Waals surface area contributed by atoms with E-state index in [4.69, 9.17) is 17.0 Å². The van der Waals surface area contributed by atoms with Crippen molar-refractivity contribution in [3.05, 3.63) is 52.0 Å². The fourth-order valence-corrected chi connectivity index (χ4v) is 3.55. The highest BCUT2D eigenvalue weighted by Gasteiger charge is 2.16. The summed E-state index contributed by atoms with van der Waals surface area (Å²) < 4.78 is 6.63. The molecule has 6 nitrogen and oxygen atoms in total. The summed E-state index contributed by atoms with van der Waals surface area (Å²) in [6.45, 7) is 6.38. The number of carbonyl (C=O) groups excluding carboxylic acids is 2. The van der Waals surface area contributed by atoms with E-state index in [1.165, 1.54) is 6.42 Å². The Bertz CT molecular complexity index is 966. The molecule has 0 aliphatic rings. The average molecular weight is 520 g/mol. The maximum Gasteiger partial charge on any atom is 0.261 e. The lowest BCUT2D eigenvalue weighted by atomic mass is 10.1. The number of ether oxygens (including phenoxy) is 1. The van der Waals surface area contributed by atoms with Crippen LogP contribution in [0.3, 0.4) is 0 Å². The van der Waals surface area contributed by atoms with Gasteiger partial charge in [0.2, 0.25) is 5.91 Å². The van der Waals surface area contributed by atoms with E-state index >= 15 is 0 Å². The van der Waals surface area contributed by atoms with Crippen LogP contribution in [0.25, 0.3) is 0 Å². The molecule has 0 bridgehead atoms. The van der Waals surface area contributed by atoms with Crippen LogP contribution in [0.1, 0.15) is 61.9 Å². The van der Waals surface area contributed by atoms with Crippen LogP contribution in [-0.4, -0.2) is 23.5 Å². The van der Waals surface area contributed by atoms with Crippen molar-refractivity contribution in [3.8, 4) is 5.75 Å². The molecule has 2 amide bonds. The van der Waals surface area contributed by atoms with Gasteiger partial charge in [-0.3, -0.25) is 14.9 Å². The van der Waals surface area contributed by atoms with Crippen molar-refractivity contribution < 1.29 is 14.3 Å². The van der Waals surface area contributed by atoms with Gasteiger partial charge in [0.1, 0.15) is 5.75 Å². The molecule has 32 heavy (non-hydrogen) atoms. The smallest absolute Gasteiger partial charge is 0.261 e. The number of thiocarbonyl (C=S) groups is 1. The second kappa shape index (κ2) is 13.2. The molecule has 0 spiro atoms. The summed E-state index contributed by atoms with van der Waals surface area (Å²) >= 11 is 8.77. The first-order chi connectivity index (χ1) is 15.3. The third kappa shape index (κ3) is 7.91. The molecule has 172 valence electrons. The van der Waals surface area contributed by atoms with Gasteiger partial charge in [0.25, 0.3) is 5.91 Å². The molecule has 0 aliphatic heterocycles. The van der Waals surface area contributed by atoms with Gasteiger partial charge in [-0.2, -0.15) is 0 Å². The number of hydrogen-bond donors (Lipinski definition) is 3. The Morgan fingerprint density at radius 3 is 2.44 bits per heavy atom. The van der Waals surface area contributed by atoms with Gasteiger partial charge in [-0.15, -0.1) is 0 Å². The van der Waals surface area contributed by atoms with Crippen molar-refractivity contribution >= 4 is 56.4 Å². The van der Waals surface area contributed by atoms with Crippen LogP contribution in [0.15, 0.2) is 40.9 Å². The van der Waals surface area contributed by atoms with Gasteiger partial charge in [-0.05, 0) is 61.5 Å². The largest absolute Gasteiger partial charge is 0.493 e. The monoisotopic (exact) mass is 519 g/mol. The van der Waals surface area contributed by atoms with E-state index in [0.717, 1.165) is 29.3 Å². The summed E-state index contributed by atoms with van der Waals surface area (Å²) in [6.07, 6.45) is 4.75. The molecule has 0 aromatic heterocycles. The summed E-state index contributed by atoms with van der Waals surface area (Å²) in [4.78, 5) is 24.6. The van der Waals surface area contributed by atoms with Crippen molar-refractivity contribution in [1.82, 2.24) is 5.32 Å². The van der Waals surface area contributed by atoms with Gasteiger partial charge in [0, 0.05) is 22.3 Å². The van der Waals surface area contributed by atoms with Crippen molar-refractivity contribution in [2.45, 2.75) is 52.9 Å². The van der Waals surface area contributed by atoms with Crippen LogP contribution < -0.4 is 20.7 Å². The predicted octanol–water partition coefficient (Wildman–Crippen LogP) is 6.19. The highest BCUT2D eigenvalue weighted by molar-refractivity contribution is 9.10. The van der Waals surface area contributed by atoms with Gasteiger partial charge in [-0.25, -0.2) is 0 Å². The van der Waals surface area contributed by atoms with Crippen LogP contribution in [0.2, 0.25) is 0 Å². The van der Waals surface area contributed by atoms with Crippen LogP contribution in [-0.2, 0) is 4.79 Å². The highest BCUT2D eigenvalue weighted by atomic mass is 79.9. The van der Waals surface area contributed by atoms with Crippen molar-refractivity contribution in [2.24, 2.45) is 0 Å². The van der Waals surface area contributed by atoms with Gasteiger partial charge in [0.15, 0.2) is 5.11 Å². The molecule has 0 saturated carbocycles. The number of nitrogens with one attached hydrogen (secondary N) is 3. The second-order valence-electron chi connectivity index (χ2n) is 7.34. The first-order valence-electron chi connectivity index (χ1n) is 10.8. The van der Waals surface area contributed by atoms with Gasteiger partial charge >= 0.3 is 0 Å². The third-order valence-corrected chi connectivity index (χ3v) is 5.54. The minimum Gasteiger partial charge on any atom is -0.493 e. The number of halogens is 1. The highest BCUT2D eigenvalue weighted by Crippen LogP contribution is 2.25. The van der Waals surface area contributed by atoms with Gasteiger partial charge < -0.3 is 15.4 Å². The maximum atomic E-state index is 12.9. The number of rotatable bonds is 10. The molecule has 0 radical (unpaired) electrons. The predicted molar refractivity (Wildman–Crippen MR) is 138 cm³/mol. The molecule has 0 saturated heterocycles. The lowest BCUT2D eigenvalue weighted by molar-refractivity contribution is -0.115. The Morgan fingerprint density at radius 1 is 1.03 bits per heavy atom. The number of unbranched alkanes of at least 4 members (excludes halogenated alkanes) is 3. The summed E-state index contributed by atoms with van der Waals surface area (Å²) in [7, 11) is 0. The van der Waals surface area contributed by atoms with Crippen LogP contribution in [0.5, 0.6) is 5.75 Å². The average Bonchev–Trinajstić information content (AvgIpc) is 2.77. The molecule has 2 rings (SSSR count). The number of benzene rings is 2. The lowest BCUT2D eigenvalue weighted by Crippen LogP contribution is -2.34. The van der Waals surface area contributed by atoms with E-state index in [-0.39, 0.29) is 16.9 Å². The topological polar surface area (TPSA) is 79.5 Å². The van der Waals surface area contributed by atoms with Gasteiger partial charge in [-0.1, -0.05) is 55.1 Å². The zero-order valence-electron chi connectivity index (χ0n) is 18.7.